The normalized spacial score (nSPS) is 22.2. The summed E-state index contributed by atoms with van der Waals surface area (Å²) in [5.74, 6) is -1.98. The molecule has 0 radical (unpaired) electrons. The predicted octanol–water partition coefficient (Wildman–Crippen LogP) is 4.13. The van der Waals surface area contributed by atoms with Gasteiger partial charge < -0.3 is 28.6 Å². The van der Waals surface area contributed by atoms with E-state index in [2.05, 4.69) is 4.98 Å². The standard InChI is InChI=1S/C32H35N3O9S/c1-18-25-27(38)32(14-19(15-32)29(39)34(2)17-24(36)37)31(40)35(30(25)45-26(18)28-33-10-13-43-28)16-23(44-20-8-11-42-12-9-20)21-6-4-5-7-22(21)41-3/h4-7,10,13,19-20,23H,8-9,11-12,14-17H2,1-3H3,(H,36,37)/t19?,23-,32?/m0/s1. The van der Waals surface area contributed by atoms with Gasteiger partial charge >= 0.3 is 5.97 Å². The number of nitrogens with zero attached hydrogens (tertiary/aromatic N) is 3. The van der Waals surface area contributed by atoms with Crippen molar-refractivity contribution in [3.63, 3.8) is 0 Å². The number of carboxylic acids is 1. The van der Waals surface area contributed by atoms with Gasteiger partial charge in [-0.05, 0) is 44.2 Å². The number of aromatic nitrogens is 1. The summed E-state index contributed by atoms with van der Waals surface area (Å²) < 4.78 is 23.5. The maximum absolute atomic E-state index is 14.6. The average Bonchev–Trinajstić information content (AvgIpc) is 3.66. The highest BCUT2D eigenvalue weighted by molar-refractivity contribution is 7.20. The molecule has 2 fully saturated rings. The first kappa shape index (κ1) is 30.9. The molecular formula is C32H35N3O9S. The molecule has 3 aromatic rings. The van der Waals surface area contributed by atoms with E-state index < -0.39 is 41.8 Å². The number of ether oxygens (including phenoxy) is 3. The van der Waals surface area contributed by atoms with Gasteiger partial charge in [-0.25, -0.2) is 4.98 Å². The quantitative estimate of drug-likeness (QED) is 0.322. The number of thiophene rings is 1. The van der Waals surface area contributed by atoms with E-state index >= 15 is 0 Å². The number of carboxylic acid groups (broad SMARTS) is 1. The van der Waals surface area contributed by atoms with Gasteiger partial charge in [0.1, 0.15) is 35.1 Å². The van der Waals surface area contributed by atoms with Gasteiger partial charge in [0.2, 0.25) is 17.7 Å². The molecule has 238 valence electrons. The number of fused-ring (bicyclic) bond motifs is 1. The molecule has 1 saturated carbocycles. The fraction of sp³-hybridized carbons (Fsp3) is 0.469. The second-order valence-electron chi connectivity index (χ2n) is 11.8. The van der Waals surface area contributed by atoms with Crippen LogP contribution in [0.3, 0.4) is 0 Å². The smallest absolute Gasteiger partial charge is 0.323 e. The predicted molar refractivity (Wildman–Crippen MR) is 162 cm³/mol. The molecule has 0 unspecified atom stereocenters. The number of benzene rings is 1. The summed E-state index contributed by atoms with van der Waals surface area (Å²) >= 11 is 1.26. The Bertz CT molecular complexity index is 1610. The van der Waals surface area contributed by atoms with E-state index in [1.807, 2.05) is 31.2 Å². The fourth-order valence-corrected chi connectivity index (χ4v) is 7.87. The number of para-hydroxylation sites is 1. The van der Waals surface area contributed by atoms with Crippen LogP contribution in [0.25, 0.3) is 10.8 Å². The molecule has 2 aromatic heterocycles. The molecule has 4 heterocycles. The summed E-state index contributed by atoms with van der Waals surface area (Å²) in [5.41, 5.74) is 0.366. The Morgan fingerprint density at radius 1 is 1.22 bits per heavy atom. The van der Waals surface area contributed by atoms with E-state index in [0.29, 0.717) is 58.7 Å². The first-order valence-corrected chi connectivity index (χ1v) is 15.7. The number of hydrogen-bond acceptors (Lipinski definition) is 10. The van der Waals surface area contributed by atoms with Crippen LogP contribution < -0.4 is 9.64 Å². The molecule has 2 amide bonds. The van der Waals surface area contributed by atoms with Crippen molar-refractivity contribution < 1.29 is 42.9 Å². The third-order valence-electron chi connectivity index (χ3n) is 8.96. The van der Waals surface area contributed by atoms with Crippen molar-refractivity contribution in [1.82, 2.24) is 9.88 Å². The molecule has 1 aromatic carbocycles. The Hall–Kier alpha value is -4.07. The Labute approximate surface area is 263 Å². The number of ketones is 1. The first-order chi connectivity index (χ1) is 21.6. The van der Waals surface area contributed by atoms with Gasteiger partial charge in [-0.15, -0.1) is 11.3 Å². The number of anilines is 1. The van der Waals surface area contributed by atoms with Crippen LogP contribution in [0, 0.1) is 18.3 Å². The molecule has 1 aliphatic carbocycles. The Kier molecular flexibility index (Phi) is 8.51. The second-order valence-corrected chi connectivity index (χ2v) is 12.8. The van der Waals surface area contributed by atoms with Crippen molar-refractivity contribution in [2.24, 2.45) is 11.3 Å². The minimum atomic E-state index is -1.46. The largest absolute Gasteiger partial charge is 0.496 e. The minimum absolute atomic E-state index is 0.00678. The topological polar surface area (TPSA) is 149 Å². The summed E-state index contributed by atoms with van der Waals surface area (Å²) in [5, 5.41) is 9.65. The van der Waals surface area contributed by atoms with Crippen LogP contribution in [0.4, 0.5) is 5.00 Å². The van der Waals surface area contributed by atoms with Crippen molar-refractivity contribution in [2.45, 2.75) is 44.8 Å². The lowest BCUT2D eigenvalue weighted by atomic mass is 9.56. The number of likely N-dealkylation sites (N-methyl/N-ethyl adjacent to an activating group) is 1. The van der Waals surface area contributed by atoms with Crippen molar-refractivity contribution in [3.8, 4) is 16.5 Å². The summed E-state index contributed by atoms with van der Waals surface area (Å²) in [6.07, 6.45) is 3.66. The molecule has 3 aliphatic rings. The molecule has 1 atom stereocenters. The molecule has 0 bridgehead atoms. The maximum atomic E-state index is 14.6. The van der Waals surface area contributed by atoms with Crippen molar-refractivity contribution in [3.05, 3.63) is 53.4 Å². The summed E-state index contributed by atoms with van der Waals surface area (Å²) in [6.45, 7) is 2.59. The monoisotopic (exact) mass is 637 g/mol. The lowest BCUT2D eigenvalue weighted by Gasteiger charge is -2.50. The number of oxazole rings is 1. The third kappa shape index (κ3) is 5.53. The summed E-state index contributed by atoms with van der Waals surface area (Å²) in [4.78, 5) is 60.9. The zero-order valence-electron chi connectivity index (χ0n) is 25.3. The molecule has 1 N–H and O–H groups in total. The van der Waals surface area contributed by atoms with Crippen molar-refractivity contribution in [1.29, 1.82) is 0 Å². The van der Waals surface area contributed by atoms with Crippen LogP contribution >= 0.6 is 11.3 Å². The SMILES string of the molecule is COc1ccccc1[C@H](CN1C(=O)C2(CC(C(=O)N(C)CC(=O)O)C2)C(=O)c2c1sc(-c1ncco1)c2C)OC1CCOCC1. The van der Waals surface area contributed by atoms with Crippen LogP contribution in [0.15, 0.2) is 41.1 Å². The zero-order valence-corrected chi connectivity index (χ0v) is 26.1. The van der Waals surface area contributed by atoms with Crippen molar-refractivity contribution in [2.75, 3.05) is 45.4 Å². The van der Waals surface area contributed by atoms with Crippen LogP contribution in [0.2, 0.25) is 0 Å². The number of hydrogen-bond donors (Lipinski definition) is 1. The lowest BCUT2D eigenvalue weighted by Crippen LogP contribution is -2.61. The van der Waals surface area contributed by atoms with E-state index in [4.69, 9.17) is 18.6 Å². The van der Waals surface area contributed by atoms with Crippen LogP contribution in [-0.2, 0) is 23.9 Å². The molecule has 45 heavy (non-hydrogen) atoms. The fourth-order valence-electron chi connectivity index (χ4n) is 6.61. The second kappa shape index (κ2) is 12.4. The van der Waals surface area contributed by atoms with E-state index in [-0.39, 0.29) is 31.3 Å². The number of aliphatic carboxylic acids is 1. The molecule has 12 nitrogen and oxygen atoms in total. The Morgan fingerprint density at radius 3 is 2.62 bits per heavy atom. The number of amides is 2. The van der Waals surface area contributed by atoms with Gasteiger partial charge in [-0.2, -0.15) is 0 Å². The number of carbonyl (C=O) groups is 4. The minimum Gasteiger partial charge on any atom is -0.496 e. The zero-order chi connectivity index (χ0) is 31.9. The van der Waals surface area contributed by atoms with E-state index in [1.54, 1.807) is 12.0 Å². The molecule has 13 heteroatoms. The highest BCUT2D eigenvalue weighted by atomic mass is 32.1. The number of methoxy groups -OCH3 is 1. The van der Waals surface area contributed by atoms with Crippen LogP contribution in [-0.4, -0.2) is 85.1 Å². The van der Waals surface area contributed by atoms with E-state index in [9.17, 15) is 24.3 Å². The molecule has 1 saturated heterocycles. The Balaban J connectivity index is 1.40. The Morgan fingerprint density at radius 2 is 1.96 bits per heavy atom. The summed E-state index contributed by atoms with van der Waals surface area (Å²) in [7, 11) is 2.99. The molecular weight excluding hydrogens is 602 g/mol. The van der Waals surface area contributed by atoms with Gasteiger partial charge in [-0.3, -0.25) is 24.1 Å². The first-order valence-electron chi connectivity index (χ1n) is 14.9. The van der Waals surface area contributed by atoms with Gasteiger partial charge in [0.05, 0.1) is 36.4 Å². The molecule has 2 aliphatic heterocycles. The average molecular weight is 638 g/mol. The summed E-state index contributed by atoms with van der Waals surface area (Å²) in [6, 6.07) is 7.51. The van der Waals surface area contributed by atoms with Crippen LogP contribution in [0.1, 0.15) is 53.3 Å². The van der Waals surface area contributed by atoms with Crippen LogP contribution in [0.5, 0.6) is 5.75 Å². The van der Waals surface area contributed by atoms with E-state index in [1.165, 1.54) is 30.8 Å². The van der Waals surface area contributed by atoms with E-state index in [0.717, 1.165) is 10.5 Å². The maximum Gasteiger partial charge on any atom is 0.323 e. The van der Waals surface area contributed by atoms with Gasteiger partial charge in [0.25, 0.3) is 0 Å². The van der Waals surface area contributed by atoms with Gasteiger partial charge in [0, 0.05) is 31.7 Å². The highest BCUT2D eigenvalue weighted by Crippen LogP contribution is 2.57. The van der Waals surface area contributed by atoms with Crippen molar-refractivity contribution >= 4 is 39.9 Å². The highest BCUT2D eigenvalue weighted by Gasteiger charge is 2.63. The molecule has 6 rings (SSSR count). The van der Waals surface area contributed by atoms with Gasteiger partial charge in [0.15, 0.2) is 5.78 Å². The number of carbonyl (C=O) groups excluding carboxylic acids is 3. The number of Topliss-reactive ketones (excluding diaryl/α,β-unsaturated/α-hetero) is 1. The lowest BCUT2D eigenvalue weighted by molar-refractivity contribution is -0.151. The third-order valence-corrected chi connectivity index (χ3v) is 10.3. The molecule has 1 spiro atoms. The van der Waals surface area contributed by atoms with Gasteiger partial charge in [-0.1, -0.05) is 18.2 Å². The number of rotatable bonds is 10.